The molecule has 0 aliphatic carbocycles. The Hall–Kier alpha value is -3.28. The zero-order valence-corrected chi connectivity index (χ0v) is 15.2. The van der Waals surface area contributed by atoms with Crippen LogP contribution in [0.4, 0.5) is 4.39 Å². The Bertz CT molecular complexity index is 1320. The molecule has 27 heavy (non-hydrogen) atoms. The van der Waals surface area contributed by atoms with Crippen LogP contribution in [0.15, 0.2) is 58.1 Å². The quantitative estimate of drug-likeness (QED) is 0.512. The topological polar surface area (TPSA) is 56.9 Å². The van der Waals surface area contributed by atoms with Crippen LogP contribution in [0.2, 0.25) is 0 Å². The van der Waals surface area contributed by atoms with Gasteiger partial charge in [0.1, 0.15) is 17.0 Å². The van der Waals surface area contributed by atoms with Gasteiger partial charge in [-0.15, -0.1) is 0 Å². The molecule has 4 rings (SSSR count). The molecule has 0 aliphatic heterocycles. The molecule has 0 bridgehead atoms. The highest BCUT2D eigenvalue weighted by molar-refractivity contribution is 5.91. The first-order valence-electron chi connectivity index (χ1n) is 8.71. The molecular formula is C21H18FN3O2. The minimum Gasteiger partial charge on any atom is -0.328 e. The van der Waals surface area contributed by atoms with Crippen molar-refractivity contribution in [3.63, 3.8) is 0 Å². The number of halogens is 1. The highest BCUT2D eigenvalue weighted by atomic mass is 19.1. The van der Waals surface area contributed by atoms with E-state index in [9.17, 15) is 14.0 Å². The van der Waals surface area contributed by atoms with E-state index in [4.69, 9.17) is 0 Å². The monoisotopic (exact) mass is 363 g/mol. The van der Waals surface area contributed by atoms with Crippen molar-refractivity contribution in [2.24, 2.45) is 7.05 Å². The second-order valence-corrected chi connectivity index (χ2v) is 6.82. The summed E-state index contributed by atoms with van der Waals surface area (Å²) in [6.45, 7) is 3.76. The van der Waals surface area contributed by atoms with Gasteiger partial charge in [0.15, 0.2) is 5.65 Å². The van der Waals surface area contributed by atoms with Crippen LogP contribution in [-0.2, 0) is 7.05 Å². The van der Waals surface area contributed by atoms with Crippen LogP contribution >= 0.6 is 0 Å². The molecule has 4 aromatic rings. The van der Waals surface area contributed by atoms with Gasteiger partial charge in [0.2, 0.25) is 5.43 Å². The van der Waals surface area contributed by atoms with Crippen molar-refractivity contribution < 1.29 is 4.39 Å². The molecule has 5 nitrogen and oxygen atoms in total. The number of fused-ring (bicyclic) bond motifs is 2. The summed E-state index contributed by atoms with van der Waals surface area (Å²) in [7, 11) is 1.77. The van der Waals surface area contributed by atoms with E-state index in [1.165, 1.54) is 16.7 Å². The Labute approximate surface area is 154 Å². The molecule has 0 saturated heterocycles. The Morgan fingerprint density at radius 1 is 1.00 bits per heavy atom. The van der Waals surface area contributed by atoms with Crippen molar-refractivity contribution in [2.75, 3.05) is 0 Å². The molecule has 2 aromatic carbocycles. The van der Waals surface area contributed by atoms with Crippen molar-refractivity contribution in [3.8, 4) is 5.69 Å². The summed E-state index contributed by atoms with van der Waals surface area (Å²) in [5.74, 6) is -0.286. The van der Waals surface area contributed by atoms with Gasteiger partial charge in [-0.3, -0.25) is 14.2 Å². The fourth-order valence-electron chi connectivity index (χ4n) is 3.43. The number of pyridine rings is 1. The molecule has 0 radical (unpaired) electrons. The third-order valence-electron chi connectivity index (χ3n) is 4.75. The maximum Gasteiger partial charge on any atom is 0.271 e. The number of nitrogens with zero attached hydrogens (tertiary/aromatic N) is 3. The SMILES string of the molecule is CC(C)c1nc2c(c(=O)c3ccccc3n2C)c(=O)n1-c1ccccc1F. The van der Waals surface area contributed by atoms with Crippen LogP contribution in [0.25, 0.3) is 27.6 Å². The predicted octanol–water partition coefficient (Wildman–Crippen LogP) is 3.50. The lowest BCUT2D eigenvalue weighted by Gasteiger charge is -2.18. The van der Waals surface area contributed by atoms with Crippen LogP contribution in [-0.4, -0.2) is 14.1 Å². The lowest BCUT2D eigenvalue weighted by molar-refractivity contribution is 0.605. The maximum absolute atomic E-state index is 14.5. The summed E-state index contributed by atoms with van der Waals surface area (Å²) in [5, 5.41) is 0.396. The summed E-state index contributed by atoms with van der Waals surface area (Å²) in [4.78, 5) is 31.0. The summed E-state index contributed by atoms with van der Waals surface area (Å²) >= 11 is 0. The number of hydrogen-bond acceptors (Lipinski definition) is 3. The summed E-state index contributed by atoms with van der Waals surface area (Å²) in [6.07, 6.45) is 0. The average molecular weight is 363 g/mol. The standard InChI is InChI=1S/C21H18FN3O2/c1-12(2)19-23-20-17(18(26)13-8-4-6-10-15(13)24(20)3)21(27)25(19)16-11-7-5-9-14(16)22/h4-12H,1-3H3. The largest absolute Gasteiger partial charge is 0.328 e. The fourth-order valence-corrected chi connectivity index (χ4v) is 3.43. The molecular weight excluding hydrogens is 345 g/mol. The summed E-state index contributed by atoms with van der Waals surface area (Å²) < 4.78 is 17.4. The van der Waals surface area contributed by atoms with Crippen LogP contribution < -0.4 is 11.0 Å². The Kier molecular flexibility index (Phi) is 3.91. The summed E-state index contributed by atoms with van der Waals surface area (Å²) in [5.41, 5.74) is 0.146. The second kappa shape index (κ2) is 6.16. The molecule has 0 atom stereocenters. The first-order chi connectivity index (χ1) is 12.9. The number of para-hydroxylation sites is 2. The van der Waals surface area contributed by atoms with Gasteiger partial charge >= 0.3 is 0 Å². The van der Waals surface area contributed by atoms with Crippen LogP contribution in [0.5, 0.6) is 0 Å². The summed E-state index contributed by atoms with van der Waals surface area (Å²) in [6, 6.07) is 13.1. The van der Waals surface area contributed by atoms with Gasteiger partial charge in [-0.05, 0) is 24.3 Å². The first-order valence-corrected chi connectivity index (χ1v) is 8.71. The van der Waals surface area contributed by atoms with E-state index in [1.807, 2.05) is 26.0 Å². The first kappa shape index (κ1) is 17.1. The molecule has 0 aliphatic rings. The van der Waals surface area contributed by atoms with Crippen LogP contribution in [0.1, 0.15) is 25.6 Å². The molecule has 0 amide bonds. The van der Waals surface area contributed by atoms with Gasteiger partial charge in [-0.1, -0.05) is 38.1 Å². The Morgan fingerprint density at radius 3 is 2.37 bits per heavy atom. The molecule has 0 spiro atoms. The van der Waals surface area contributed by atoms with Crippen molar-refractivity contribution in [1.82, 2.24) is 14.1 Å². The van der Waals surface area contributed by atoms with Gasteiger partial charge in [-0.25, -0.2) is 9.37 Å². The van der Waals surface area contributed by atoms with Crippen LogP contribution in [0, 0.1) is 5.82 Å². The molecule has 0 fully saturated rings. The van der Waals surface area contributed by atoms with E-state index in [0.717, 1.165) is 0 Å². The number of rotatable bonds is 2. The van der Waals surface area contributed by atoms with E-state index in [2.05, 4.69) is 4.98 Å². The minimum absolute atomic E-state index is 0.0381. The van der Waals surface area contributed by atoms with Gasteiger partial charge in [0, 0.05) is 18.4 Å². The number of aromatic nitrogens is 3. The fraction of sp³-hybridized carbons (Fsp3) is 0.190. The van der Waals surface area contributed by atoms with E-state index in [1.54, 1.807) is 35.9 Å². The second-order valence-electron chi connectivity index (χ2n) is 6.82. The predicted molar refractivity (Wildman–Crippen MR) is 104 cm³/mol. The van der Waals surface area contributed by atoms with Crippen LogP contribution in [0.3, 0.4) is 0 Å². The highest BCUT2D eigenvalue weighted by Crippen LogP contribution is 2.21. The smallest absolute Gasteiger partial charge is 0.271 e. The van der Waals surface area contributed by atoms with E-state index in [-0.39, 0.29) is 17.0 Å². The lowest BCUT2D eigenvalue weighted by Crippen LogP contribution is -2.30. The Morgan fingerprint density at radius 2 is 1.67 bits per heavy atom. The zero-order valence-electron chi connectivity index (χ0n) is 15.2. The van der Waals surface area contributed by atoms with Crippen molar-refractivity contribution in [1.29, 1.82) is 0 Å². The molecule has 2 aromatic heterocycles. The molecule has 6 heteroatoms. The number of hydrogen-bond donors (Lipinski definition) is 0. The third-order valence-corrected chi connectivity index (χ3v) is 4.75. The number of benzene rings is 2. The van der Waals surface area contributed by atoms with Gasteiger partial charge < -0.3 is 4.57 Å². The average Bonchev–Trinajstić information content (AvgIpc) is 2.66. The van der Waals surface area contributed by atoms with E-state index < -0.39 is 16.8 Å². The van der Waals surface area contributed by atoms with Gasteiger partial charge in [-0.2, -0.15) is 0 Å². The third kappa shape index (κ3) is 2.48. The normalized spacial score (nSPS) is 11.6. The van der Waals surface area contributed by atoms with Gasteiger partial charge in [0.25, 0.3) is 5.56 Å². The Balaban J connectivity index is 2.29. The van der Waals surface area contributed by atoms with Crippen molar-refractivity contribution in [3.05, 3.63) is 80.7 Å². The highest BCUT2D eigenvalue weighted by Gasteiger charge is 2.21. The molecule has 136 valence electrons. The molecule has 2 heterocycles. The van der Waals surface area contributed by atoms with E-state index >= 15 is 0 Å². The minimum atomic E-state index is -0.555. The number of aryl methyl sites for hydroxylation is 1. The lowest BCUT2D eigenvalue weighted by atomic mass is 10.1. The molecule has 0 saturated carbocycles. The van der Waals surface area contributed by atoms with E-state index in [0.29, 0.717) is 22.4 Å². The van der Waals surface area contributed by atoms with Crippen molar-refractivity contribution in [2.45, 2.75) is 19.8 Å². The maximum atomic E-state index is 14.5. The van der Waals surface area contributed by atoms with Gasteiger partial charge in [0.05, 0.1) is 11.2 Å². The zero-order chi connectivity index (χ0) is 19.3. The molecule has 0 unspecified atom stereocenters. The molecule has 0 N–H and O–H groups in total. The van der Waals surface area contributed by atoms with Crippen molar-refractivity contribution >= 4 is 21.9 Å².